The first-order valence-electron chi connectivity index (χ1n) is 8.32. The second kappa shape index (κ2) is 5.68. The van der Waals surface area contributed by atoms with Crippen LogP contribution in [0.15, 0.2) is 0 Å². The van der Waals surface area contributed by atoms with E-state index in [0.29, 0.717) is 5.88 Å². The minimum absolute atomic E-state index is 0.0236. The standard InChI is InChI=1S/C16H28ClNO2S/c1-12(9-17)10-21(19,20)18(2)11-16-6-13-3-14(7-16)5-15(4-13)8-16/h12-15H,3-11H2,1-2H3. The van der Waals surface area contributed by atoms with Gasteiger partial charge in [0.1, 0.15) is 0 Å². The van der Waals surface area contributed by atoms with Crippen molar-refractivity contribution in [3.8, 4) is 0 Å². The van der Waals surface area contributed by atoms with Crippen LogP contribution in [0.3, 0.4) is 0 Å². The molecule has 4 rings (SSSR count). The van der Waals surface area contributed by atoms with Crippen molar-refractivity contribution < 1.29 is 8.42 Å². The molecule has 4 fully saturated rings. The van der Waals surface area contributed by atoms with Gasteiger partial charge in [0.2, 0.25) is 10.0 Å². The van der Waals surface area contributed by atoms with E-state index < -0.39 is 10.0 Å². The van der Waals surface area contributed by atoms with Crippen LogP contribution in [0.4, 0.5) is 0 Å². The molecule has 1 atom stereocenters. The van der Waals surface area contributed by atoms with Gasteiger partial charge in [-0.2, -0.15) is 0 Å². The Labute approximate surface area is 134 Å². The number of sulfonamides is 1. The molecule has 4 aliphatic rings. The van der Waals surface area contributed by atoms with Crippen LogP contribution < -0.4 is 0 Å². The maximum atomic E-state index is 12.5. The second-order valence-corrected chi connectivity index (χ2v) is 10.6. The maximum absolute atomic E-state index is 12.5. The van der Waals surface area contributed by atoms with E-state index in [2.05, 4.69) is 0 Å². The van der Waals surface area contributed by atoms with Gasteiger partial charge in [-0.25, -0.2) is 12.7 Å². The van der Waals surface area contributed by atoms with E-state index >= 15 is 0 Å². The maximum Gasteiger partial charge on any atom is 0.214 e. The monoisotopic (exact) mass is 333 g/mol. The van der Waals surface area contributed by atoms with Crippen LogP contribution in [-0.2, 0) is 10.0 Å². The third kappa shape index (κ3) is 3.28. The van der Waals surface area contributed by atoms with E-state index in [1.807, 2.05) is 6.92 Å². The molecule has 5 heteroatoms. The zero-order valence-corrected chi connectivity index (χ0v) is 14.8. The number of nitrogens with zero attached hydrogens (tertiary/aromatic N) is 1. The van der Waals surface area contributed by atoms with Crippen LogP contribution >= 0.6 is 11.6 Å². The fourth-order valence-corrected chi connectivity index (χ4v) is 7.39. The molecule has 4 saturated carbocycles. The predicted octanol–water partition coefficient (Wildman–Crippen LogP) is 3.34. The number of hydrogen-bond donors (Lipinski definition) is 0. The van der Waals surface area contributed by atoms with Gasteiger partial charge in [-0.3, -0.25) is 0 Å². The summed E-state index contributed by atoms with van der Waals surface area (Å²) in [6.45, 7) is 2.64. The van der Waals surface area contributed by atoms with Gasteiger partial charge in [0, 0.05) is 19.5 Å². The Morgan fingerprint density at radius 3 is 2.05 bits per heavy atom. The Morgan fingerprint density at radius 2 is 1.62 bits per heavy atom. The molecule has 0 spiro atoms. The summed E-state index contributed by atoms with van der Waals surface area (Å²) in [6, 6.07) is 0. The van der Waals surface area contributed by atoms with Crippen LogP contribution in [0.25, 0.3) is 0 Å². The Bertz CT molecular complexity index is 455. The predicted molar refractivity (Wildman–Crippen MR) is 86.9 cm³/mol. The molecular formula is C16H28ClNO2S. The van der Waals surface area contributed by atoms with Gasteiger partial charge in [-0.05, 0) is 67.6 Å². The number of hydrogen-bond acceptors (Lipinski definition) is 2. The summed E-state index contributed by atoms with van der Waals surface area (Å²) >= 11 is 5.78. The van der Waals surface area contributed by atoms with Crippen molar-refractivity contribution in [1.82, 2.24) is 4.31 Å². The van der Waals surface area contributed by atoms with Crippen molar-refractivity contribution >= 4 is 21.6 Å². The van der Waals surface area contributed by atoms with Crippen molar-refractivity contribution in [2.24, 2.45) is 29.1 Å². The average molecular weight is 334 g/mol. The van der Waals surface area contributed by atoms with Crippen LogP contribution in [0.5, 0.6) is 0 Å². The Morgan fingerprint density at radius 1 is 1.14 bits per heavy atom. The molecule has 122 valence electrons. The highest BCUT2D eigenvalue weighted by Gasteiger charge is 2.51. The SMILES string of the molecule is CC(CCl)CS(=O)(=O)N(C)CC12CC3CC(CC(C3)C1)C2. The first kappa shape index (κ1) is 16.1. The molecule has 1 unspecified atom stereocenters. The molecule has 0 aliphatic heterocycles. The van der Waals surface area contributed by atoms with Gasteiger partial charge >= 0.3 is 0 Å². The van der Waals surface area contributed by atoms with E-state index in [4.69, 9.17) is 11.6 Å². The Balaban J connectivity index is 1.68. The van der Waals surface area contributed by atoms with Gasteiger partial charge < -0.3 is 0 Å². The van der Waals surface area contributed by atoms with E-state index in [9.17, 15) is 8.42 Å². The summed E-state index contributed by atoms with van der Waals surface area (Å²) in [5, 5.41) is 0. The van der Waals surface area contributed by atoms with Gasteiger partial charge in [-0.1, -0.05) is 6.92 Å². The third-order valence-electron chi connectivity index (χ3n) is 5.96. The number of alkyl halides is 1. The molecule has 0 radical (unpaired) electrons. The largest absolute Gasteiger partial charge is 0.214 e. The lowest BCUT2D eigenvalue weighted by atomic mass is 9.49. The Kier molecular flexibility index (Phi) is 4.35. The zero-order chi connectivity index (χ0) is 15.3. The van der Waals surface area contributed by atoms with Crippen LogP contribution in [-0.4, -0.2) is 37.9 Å². The quantitative estimate of drug-likeness (QED) is 0.699. The highest BCUT2D eigenvalue weighted by molar-refractivity contribution is 7.89. The lowest BCUT2D eigenvalue weighted by Gasteiger charge is -2.57. The fourth-order valence-electron chi connectivity index (χ4n) is 5.59. The molecule has 4 aliphatic carbocycles. The minimum atomic E-state index is -3.17. The first-order valence-corrected chi connectivity index (χ1v) is 10.5. The summed E-state index contributed by atoms with van der Waals surface area (Å²) in [6.07, 6.45) is 7.97. The van der Waals surface area contributed by atoms with Crippen LogP contribution in [0.1, 0.15) is 45.4 Å². The summed E-state index contributed by atoms with van der Waals surface area (Å²) in [7, 11) is -1.39. The van der Waals surface area contributed by atoms with Crippen molar-refractivity contribution in [2.75, 3.05) is 25.2 Å². The highest BCUT2D eigenvalue weighted by atomic mass is 35.5. The van der Waals surface area contributed by atoms with Gasteiger partial charge in [0.05, 0.1) is 5.75 Å². The molecule has 0 aromatic carbocycles. The molecule has 0 amide bonds. The van der Waals surface area contributed by atoms with Crippen LogP contribution in [0.2, 0.25) is 0 Å². The van der Waals surface area contributed by atoms with E-state index in [-0.39, 0.29) is 17.1 Å². The molecule has 0 heterocycles. The summed E-state index contributed by atoms with van der Waals surface area (Å²) in [5.41, 5.74) is 0.279. The molecule has 4 bridgehead atoms. The molecule has 0 N–H and O–H groups in total. The second-order valence-electron chi connectivity index (χ2n) is 8.21. The smallest absolute Gasteiger partial charge is 0.212 e. The minimum Gasteiger partial charge on any atom is -0.212 e. The van der Waals surface area contributed by atoms with E-state index in [0.717, 1.165) is 24.3 Å². The summed E-state index contributed by atoms with van der Waals surface area (Å²) in [4.78, 5) is 0. The van der Waals surface area contributed by atoms with E-state index in [1.165, 1.54) is 38.5 Å². The van der Waals surface area contributed by atoms with Gasteiger partial charge in [0.15, 0.2) is 0 Å². The molecule has 3 nitrogen and oxygen atoms in total. The molecule has 21 heavy (non-hydrogen) atoms. The number of halogens is 1. The van der Waals surface area contributed by atoms with Crippen molar-refractivity contribution in [2.45, 2.75) is 45.4 Å². The zero-order valence-electron chi connectivity index (χ0n) is 13.2. The molecule has 0 saturated heterocycles. The topological polar surface area (TPSA) is 37.4 Å². The first-order chi connectivity index (χ1) is 9.82. The molecular weight excluding hydrogens is 306 g/mol. The fraction of sp³-hybridized carbons (Fsp3) is 1.00. The number of rotatable bonds is 6. The normalized spacial score (nSPS) is 39.9. The van der Waals surface area contributed by atoms with Gasteiger partial charge in [-0.15, -0.1) is 11.6 Å². The lowest BCUT2D eigenvalue weighted by Crippen LogP contribution is -2.51. The molecule has 0 aromatic rings. The van der Waals surface area contributed by atoms with Gasteiger partial charge in [0.25, 0.3) is 0 Å². The third-order valence-corrected chi connectivity index (χ3v) is 8.55. The Hall–Kier alpha value is 0.200. The highest BCUT2D eigenvalue weighted by Crippen LogP contribution is 2.60. The lowest BCUT2D eigenvalue weighted by molar-refractivity contribution is -0.0583. The summed E-state index contributed by atoms with van der Waals surface area (Å²) in [5.74, 6) is 3.22. The van der Waals surface area contributed by atoms with Crippen LogP contribution in [0, 0.1) is 29.1 Å². The van der Waals surface area contributed by atoms with Crippen molar-refractivity contribution in [1.29, 1.82) is 0 Å². The van der Waals surface area contributed by atoms with E-state index in [1.54, 1.807) is 11.4 Å². The van der Waals surface area contributed by atoms with Crippen molar-refractivity contribution in [3.05, 3.63) is 0 Å². The van der Waals surface area contributed by atoms with Crippen molar-refractivity contribution in [3.63, 3.8) is 0 Å². The molecule has 0 aromatic heterocycles. The summed E-state index contributed by atoms with van der Waals surface area (Å²) < 4.78 is 26.6. The average Bonchev–Trinajstić information content (AvgIpc) is 2.35.